The largest absolute Gasteiger partial charge is 0.480 e. The van der Waals surface area contributed by atoms with Crippen LogP contribution in [0.1, 0.15) is 34.4 Å². The van der Waals surface area contributed by atoms with Gasteiger partial charge in [-0.2, -0.15) is 0 Å². The van der Waals surface area contributed by atoms with Crippen LogP contribution >= 0.6 is 0 Å². The molecule has 4 aromatic rings. The topological polar surface area (TPSA) is 62.5 Å². The number of amides is 1. The molecule has 1 unspecified atom stereocenters. The third-order valence-corrected chi connectivity index (χ3v) is 7.68. The fourth-order valence-electron chi connectivity index (χ4n) is 6.01. The molecule has 0 radical (unpaired) electrons. The van der Waals surface area contributed by atoms with E-state index in [4.69, 9.17) is 0 Å². The standard InChI is InChI=1S/C30H28N2O3/c33-29(34)19-31-27-12-6-4-10-24(27)25-17-22(15-16-28(25)31)30(35)32-18-23-9-2-1-7-20(23)13-14-21-8-3-5-11-26(21)32/h1-12,22H,13-19H2,(H,33,34). The second-order valence-corrected chi connectivity index (χ2v) is 9.68. The number of hydrogen-bond acceptors (Lipinski definition) is 2. The molecule has 1 atom stereocenters. The van der Waals surface area contributed by atoms with Crippen molar-refractivity contribution in [2.45, 2.75) is 45.2 Å². The molecule has 1 aromatic heterocycles. The Hall–Kier alpha value is -3.86. The summed E-state index contributed by atoms with van der Waals surface area (Å²) in [4.78, 5) is 27.7. The number of anilines is 1. The molecule has 2 heterocycles. The maximum Gasteiger partial charge on any atom is 0.323 e. The van der Waals surface area contributed by atoms with E-state index in [1.54, 1.807) is 0 Å². The van der Waals surface area contributed by atoms with Crippen LogP contribution in [0.3, 0.4) is 0 Å². The molecule has 5 heteroatoms. The SMILES string of the molecule is O=C(O)Cn1c2c(c3ccccc31)CC(C(=O)N1Cc3ccccc3CCc3ccccc31)CC2. The molecule has 1 aliphatic heterocycles. The van der Waals surface area contributed by atoms with Gasteiger partial charge in [0.15, 0.2) is 0 Å². The highest BCUT2D eigenvalue weighted by molar-refractivity contribution is 5.97. The molecule has 0 bridgehead atoms. The van der Waals surface area contributed by atoms with Gasteiger partial charge >= 0.3 is 5.97 Å². The minimum Gasteiger partial charge on any atom is -0.480 e. The van der Waals surface area contributed by atoms with Gasteiger partial charge in [-0.25, -0.2) is 0 Å². The Bertz CT molecular complexity index is 1450. The van der Waals surface area contributed by atoms with Crippen molar-refractivity contribution in [3.63, 3.8) is 0 Å². The Morgan fingerprint density at radius 2 is 1.51 bits per heavy atom. The molecule has 6 rings (SSSR count). The molecule has 0 saturated carbocycles. The maximum atomic E-state index is 14.1. The summed E-state index contributed by atoms with van der Waals surface area (Å²) in [6.45, 7) is 0.529. The molecule has 1 N–H and O–H groups in total. The first-order chi connectivity index (χ1) is 17.1. The highest BCUT2D eigenvalue weighted by Gasteiger charge is 2.34. The van der Waals surface area contributed by atoms with Crippen molar-refractivity contribution in [1.29, 1.82) is 0 Å². The van der Waals surface area contributed by atoms with E-state index >= 15 is 0 Å². The zero-order chi connectivity index (χ0) is 23.9. The van der Waals surface area contributed by atoms with Crippen LogP contribution in [0.15, 0.2) is 72.8 Å². The third kappa shape index (κ3) is 3.81. The van der Waals surface area contributed by atoms with Crippen LogP contribution < -0.4 is 4.90 Å². The fraction of sp³-hybridized carbons (Fsp3) is 0.267. The molecule has 5 nitrogen and oxygen atoms in total. The summed E-state index contributed by atoms with van der Waals surface area (Å²) in [6.07, 6.45) is 3.96. The number of carbonyl (C=O) groups excluding carboxylic acids is 1. The lowest BCUT2D eigenvalue weighted by Gasteiger charge is -2.33. The lowest BCUT2D eigenvalue weighted by molar-refractivity contribution is -0.137. The van der Waals surface area contributed by atoms with Gasteiger partial charge in [-0.05, 0) is 66.5 Å². The van der Waals surface area contributed by atoms with E-state index in [0.29, 0.717) is 19.4 Å². The Labute approximate surface area is 204 Å². The molecule has 2 aliphatic rings. The number of carboxylic acids is 1. The van der Waals surface area contributed by atoms with Crippen molar-refractivity contribution >= 4 is 28.5 Å². The second-order valence-electron chi connectivity index (χ2n) is 9.68. The van der Waals surface area contributed by atoms with Crippen LogP contribution in [-0.2, 0) is 48.4 Å². The minimum atomic E-state index is -0.845. The lowest BCUT2D eigenvalue weighted by atomic mass is 9.84. The smallest absolute Gasteiger partial charge is 0.323 e. The quantitative estimate of drug-likeness (QED) is 0.455. The number of nitrogens with zero attached hydrogens (tertiary/aromatic N) is 2. The number of benzene rings is 3. The predicted octanol–water partition coefficient (Wildman–Crippen LogP) is 5.16. The van der Waals surface area contributed by atoms with Crippen molar-refractivity contribution in [1.82, 2.24) is 4.57 Å². The summed E-state index contributed by atoms with van der Waals surface area (Å²) in [5.41, 5.74) is 7.89. The molecule has 176 valence electrons. The van der Waals surface area contributed by atoms with Gasteiger partial charge in [-0.1, -0.05) is 60.7 Å². The van der Waals surface area contributed by atoms with Gasteiger partial charge in [-0.15, -0.1) is 0 Å². The van der Waals surface area contributed by atoms with E-state index < -0.39 is 5.97 Å². The Balaban J connectivity index is 1.38. The van der Waals surface area contributed by atoms with Crippen molar-refractivity contribution in [3.8, 4) is 0 Å². The van der Waals surface area contributed by atoms with Gasteiger partial charge in [0.2, 0.25) is 5.91 Å². The van der Waals surface area contributed by atoms with Gasteiger partial charge in [0, 0.05) is 28.2 Å². The molecule has 0 fully saturated rings. The number of fused-ring (bicyclic) bond motifs is 5. The Kier molecular flexibility index (Phi) is 5.40. The first-order valence-electron chi connectivity index (χ1n) is 12.4. The molecule has 35 heavy (non-hydrogen) atoms. The van der Waals surface area contributed by atoms with Gasteiger partial charge in [0.25, 0.3) is 0 Å². The molecule has 3 aromatic carbocycles. The molecule has 1 amide bonds. The van der Waals surface area contributed by atoms with Crippen LogP contribution in [0, 0.1) is 5.92 Å². The molecule has 0 saturated heterocycles. The normalized spacial score (nSPS) is 17.1. The molecule has 0 spiro atoms. The summed E-state index contributed by atoms with van der Waals surface area (Å²) in [7, 11) is 0. The average Bonchev–Trinajstić information content (AvgIpc) is 3.17. The monoisotopic (exact) mass is 464 g/mol. The van der Waals surface area contributed by atoms with E-state index in [1.165, 1.54) is 16.7 Å². The number of aliphatic carboxylic acids is 1. The summed E-state index contributed by atoms with van der Waals surface area (Å²) < 4.78 is 1.93. The van der Waals surface area contributed by atoms with Gasteiger partial charge in [0.1, 0.15) is 6.54 Å². The van der Waals surface area contributed by atoms with Crippen LogP contribution in [0.4, 0.5) is 5.69 Å². The predicted molar refractivity (Wildman–Crippen MR) is 137 cm³/mol. The molecule has 1 aliphatic carbocycles. The first-order valence-corrected chi connectivity index (χ1v) is 12.4. The van der Waals surface area contributed by atoms with Crippen LogP contribution in [0.25, 0.3) is 10.9 Å². The number of rotatable bonds is 3. The molecular formula is C30H28N2O3. The van der Waals surface area contributed by atoms with E-state index in [0.717, 1.165) is 47.1 Å². The van der Waals surface area contributed by atoms with Crippen molar-refractivity contribution in [2.75, 3.05) is 4.90 Å². The van der Waals surface area contributed by atoms with Crippen LogP contribution in [0.2, 0.25) is 0 Å². The van der Waals surface area contributed by atoms with E-state index in [2.05, 4.69) is 48.5 Å². The minimum absolute atomic E-state index is 0.0508. The Morgan fingerprint density at radius 3 is 2.34 bits per heavy atom. The van der Waals surface area contributed by atoms with E-state index in [1.807, 2.05) is 33.7 Å². The summed E-state index contributed by atoms with van der Waals surface area (Å²) in [5, 5.41) is 10.6. The average molecular weight is 465 g/mol. The van der Waals surface area contributed by atoms with E-state index in [9.17, 15) is 14.7 Å². The van der Waals surface area contributed by atoms with Crippen LogP contribution in [-0.4, -0.2) is 21.6 Å². The van der Waals surface area contributed by atoms with Crippen molar-refractivity contribution in [3.05, 3.63) is 101 Å². The number of para-hydroxylation sites is 2. The zero-order valence-electron chi connectivity index (χ0n) is 19.6. The number of carboxylic acid groups (broad SMARTS) is 1. The third-order valence-electron chi connectivity index (χ3n) is 7.68. The summed E-state index contributed by atoms with van der Waals surface area (Å²) in [6, 6.07) is 24.7. The van der Waals surface area contributed by atoms with E-state index in [-0.39, 0.29) is 18.4 Å². The maximum absolute atomic E-state index is 14.1. The number of aromatic nitrogens is 1. The summed E-state index contributed by atoms with van der Waals surface area (Å²) in [5.74, 6) is -0.816. The van der Waals surface area contributed by atoms with Crippen molar-refractivity contribution < 1.29 is 14.7 Å². The summed E-state index contributed by atoms with van der Waals surface area (Å²) >= 11 is 0. The Morgan fingerprint density at radius 1 is 0.829 bits per heavy atom. The lowest BCUT2D eigenvalue weighted by Crippen LogP contribution is -2.39. The number of hydrogen-bond donors (Lipinski definition) is 1. The number of aryl methyl sites for hydroxylation is 2. The highest BCUT2D eigenvalue weighted by atomic mass is 16.4. The fourth-order valence-corrected chi connectivity index (χ4v) is 6.01. The zero-order valence-corrected chi connectivity index (χ0v) is 19.6. The van der Waals surface area contributed by atoms with Gasteiger partial charge in [0.05, 0.1) is 6.54 Å². The highest BCUT2D eigenvalue weighted by Crippen LogP contribution is 2.37. The van der Waals surface area contributed by atoms with Crippen molar-refractivity contribution in [2.24, 2.45) is 5.92 Å². The van der Waals surface area contributed by atoms with Crippen LogP contribution in [0.5, 0.6) is 0 Å². The number of carbonyl (C=O) groups is 2. The second kappa shape index (κ2) is 8.73. The molecular weight excluding hydrogens is 436 g/mol. The first kappa shape index (κ1) is 21.7. The van der Waals surface area contributed by atoms with Gasteiger partial charge < -0.3 is 14.6 Å². The van der Waals surface area contributed by atoms with Gasteiger partial charge in [-0.3, -0.25) is 9.59 Å².